The normalized spacial score (nSPS) is 10.7. The van der Waals surface area contributed by atoms with Crippen LogP contribution in [0.3, 0.4) is 0 Å². The van der Waals surface area contributed by atoms with E-state index in [1.54, 1.807) is 50.1 Å². The minimum absolute atomic E-state index is 0.0367. The number of carbonyl (C=O) groups excluding carboxylic acids is 1. The lowest BCUT2D eigenvalue weighted by Crippen LogP contribution is -2.02. The lowest BCUT2D eigenvalue weighted by molar-refractivity contribution is 0.104. The molecule has 0 saturated carbocycles. The first-order chi connectivity index (χ1) is 13.2. The Morgan fingerprint density at radius 3 is 2.37 bits per heavy atom. The molecule has 0 amide bonds. The molecule has 0 fully saturated rings. The van der Waals surface area contributed by atoms with Crippen molar-refractivity contribution in [3.8, 4) is 21.9 Å². The lowest BCUT2D eigenvalue weighted by atomic mass is 9.98. The molecule has 0 radical (unpaired) electrons. The van der Waals surface area contributed by atoms with E-state index in [0.29, 0.717) is 11.1 Å². The smallest absolute Gasteiger partial charge is 0.196 e. The summed E-state index contributed by atoms with van der Waals surface area (Å²) in [6.07, 6.45) is 3.27. The van der Waals surface area contributed by atoms with Gasteiger partial charge in [0, 0.05) is 38.5 Å². The topological polar surface area (TPSA) is 48.4 Å². The van der Waals surface area contributed by atoms with Crippen molar-refractivity contribution in [3.63, 3.8) is 0 Å². The van der Waals surface area contributed by atoms with Gasteiger partial charge in [-0.1, -0.05) is 0 Å². The Bertz CT molecular complexity index is 1100. The van der Waals surface area contributed by atoms with E-state index >= 15 is 0 Å². The first-order valence-corrected chi connectivity index (χ1v) is 9.22. The molecule has 4 nitrogen and oxygen atoms in total. The van der Waals surface area contributed by atoms with Crippen LogP contribution in [0.4, 0.5) is 0 Å². The van der Waals surface area contributed by atoms with Gasteiger partial charge in [-0.2, -0.15) is 0 Å². The molecule has 0 spiro atoms. The Hall–Kier alpha value is -3.18. The second-order valence-electron chi connectivity index (χ2n) is 5.97. The molecule has 0 unspecified atom stereocenters. The summed E-state index contributed by atoms with van der Waals surface area (Å²) in [5.74, 6) is 1.51. The largest absolute Gasteiger partial charge is 0.497 e. The number of fused-ring (bicyclic) bond motifs is 1. The highest BCUT2D eigenvalue weighted by Crippen LogP contribution is 2.41. The second kappa shape index (κ2) is 7.21. The summed E-state index contributed by atoms with van der Waals surface area (Å²) in [5, 5.41) is 0.917. The zero-order valence-electron chi connectivity index (χ0n) is 14.9. The summed E-state index contributed by atoms with van der Waals surface area (Å²) < 4.78 is 11.6. The number of hydrogen-bond acceptors (Lipinski definition) is 5. The molecule has 2 aromatic carbocycles. The van der Waals surface area contributed by atoms with Gasteiger partial charge in [-0.25, -0.2) is 0 Å². The van der Waals surface area contributed by atoms with Crippen molar-refractivity contribution in [1.29, 1.82) is 0 Å². The fourth-order valence-corrected chi connectivity index (χ4v) is 4.25. The van der Waals surface area contributed by atoms with Crippen LogP contribution in [-0.2, 0) is 0 Å². The highest BCUT2D eigenvalue weighted by Gasteiger charge is 2.22. The van der Waals surface area contributed by atoms with Gasteiger partial charge in [-0.05, 0) is 60.2 Å². The molecule has 0 atom stereocenters. The summed E-state index contributed by atoms with van der Waals surface area (Å²) in [7, 11) is 3.28. The van der Waals surface area contributed by atoms with Crippen LogP contribution in [0.1, 0.15) is 15.9 Å². The standard InChI is InChI=1S/C22H17NO3S/c1-25-16-7-5-14(6-8-16)22-20(21(24)15-4-3-11-23-13-15)18-10-9-17(26-2)12-19(18)27-22/h3-13H,1-2H3. The zero-order chi connectivity index (χ0) is 18.8. The van der Waals surface area contributed by atoms with E-state index in [1.165, 1.54) is 0 Å². The van der Waals surface area contributed by atoms with E-state index in [4.69, 9.17) is 9.47 Å². The van der Waals surface area contributed by atoms with E-state index in [9.17, 15) is 4.79 Å². The number of methoxy groups -OCH3 is 2. The van der Waals surface area contributed by atoms with Crippen LogP contribution < -0.4 is 9.47 Å². The molecule has 0 bridgehead atoms. The maximum absolute atomic E-state index is 13.3. The van der Waals surface area contributed by atoms with Gasteiger partial charge < -0.3 is 9.47 Å². The third-order valence-electron chi connectivity index (χ3n) is 4.40. The SMILES string of the molecule is COc1ccc(-c2sc3cc(OC)ccc3c2C(=O)c2cccnc2)cc1. The van der Waals surface area contributed by atoms with Gasteiger partial charge in [-0.15, -0.1) is 11.3 Å². The third-order valence-corrected chi connectivity index (χ3v) is 5.60. The average molecular weight is 375 g/mol. The first-order valence-electron chi connectivity index (χ1n) is 8.41. The number of pyridine rings is 1. The molecule has 2 heterocycles. The molecule has 0 aliphatic rings. The zero-order valence-corrected chi connectivity index (χ0v) is 15.7. The van der Waals surface area contributed by atoms with Crippen molar-refractivity contribution < 1.29 is 14.3 Å². The van der Waals surface area contributed by atoms with Gasteiger partial charge in [0.1, 0.15) is 11.5 Å². The molecule has 0 N–H and O–H groups in total. The lowest BCUT2D eigenvalue weighted by Gasteiger charge is -2.06. The molecule has 0 aliphatic carbocycles. The van der Waals surface area contributed by atoms with E-state index in [-0.39, 0.29) is 5.78 Å². The number of benzene rings is 2. The Morgan fingerprint density at radius 1 is 0.963 bits per heavy atom. The predicted molar refractivity (Wildman–Crippen MR) is 108 cm³/mol. The van der Waals surface area contributed by atoms with Gasteiger partial charge in [0.15, 0.2) is 5.78 Å². The highest BCUT2D eigenvalue weighted by molar-refractivity contribution is 7.22. The fourth-order valence-electron chi connectivity index (χ4n) is 3.02. The van der Waals surface area contributed by atoms with Crippen molar-refractivity contribution in [1.82, 2.24) is 4.98 Å². The highest BCUT2D eigenvalue weighted by atomic mass is 32.1. The van der Waals surface area contributed by atoms with Gasteiger partial charge in [0.2, 0.25) is 0 Å². The molecular formula is C22H17NO3S. The van der Waals surface area contributed by atoms with Crippen molar-refractivity contribution >= 4 is 27.2 Å². The maximum atomic E-state index is 13.3. The van der Waals surface area contributed by atoms with Crippen molar-refractivity contribution in [2.75, 3.05) is 14.2 Å². The Labute approximate surface area is 161 Å². The number of ether oxygens (including phenoxy) is 2. The minimum Gasteiger partial charge on any atom is -0.497 e. The van der Waals surface area contributed by atoms with Crippen LogP contribution in [0.5, 0.6) is 11.5 Å². The van der Waals surface area contributed by atoms with E-state index in [2.05, 4.69) is 4.98 Å². The second-order valence-corrected chi connectivity index (χ2v) is 7.02. The average Bonchev–Trinajstić information content (AvgIpc) is 3.12. The Morgan fingerprint density at radius 2 is 1.70 bits per heavy atom. The summed E-state index contributed by atoms with van der Waals surface area (Å²) in [5.41, 5.74) is 2.24. The number of carbonyl (C=O) groups is 1. The summed E-state index contributed by atoms with van der Waals surface area (Å²) >= 11 is 1.58. The molecular weight excluding hydrogens is 358 g/mol. The number of rotatable bonds is 5. The summed E-state index contributed by atoms with van der Waals surface area (Å²) in [6.45, 7) is 0. The Balaban J connectivity index is 1.94. The van der Waals surface area contributed by atoms with Gasteiger partial charge in [0.25, 0.3) is 0 Å². The van der Waals surface area contributed by atoms with Crippen LogP contribution in [-0.4, -0.2) is 25.0 Å². The van der Waals surface area contributed by atoms with Crippen molar-refractivity contribution in [2.24, 2.45) is 0 Å². The number of aromatic nitrogens is 1. The van der Waals surface area contributed by atoms with Crippen LogP contribution in [0.15, 0.2) is 67.0 Å². The Kier molecular flexibility index (Phi) is 4.60. The predicted octanol–water partition coefficient (Wildman–Crippen LogP) is 5.21. The van der Waals surface area contributed by atoms with Crippen LogP contribution in [0.2, 0.25) is 0 Å². The number of ketones is 1. The van der Waals surface area contributed by atoms with Crippen molar-refractivity contribution in [3.05, 3.63) is 78.1 Å². The van der Waals surface area contributed by atoms with Gasteiger partial charge in [0.05, 0.1) is 14.2 Å². The van der Waals surface area contributed by atoms with E-state index < -0.39 is 0 Å². The molecule has 134 valence electrons. The van der Waals surface area contributed by atoms with Crippen LogP contribution >= 0.6 is 11.3 Å². The summed E-state index contributed by atoms with van der Waals surface area (Å²) in [6, 6.07) is 17.1. The first kappa shape index (κ1) is 17.2. The molecule has 0 saturated heterocycles. The van der Waals surface area contributed by atoms with E-state index in [1.807, 2.05) is 42.5 Å². The number of thiophene rings is 1. The minimum atomic E-state index is -0.0367. The van der Waals surface area contributed by atoms with Crippen LogP contribution in [0.25, 0.3) is 20.5 Å². The molecule has 0 aliphatic heterocycles. The number of hydrogen-bond donors (Lipinski definition) is 0. The maximum Gasteiger partial charge on any atom is 0.196 e. The third kappa shape index (κ3) is 3.17. The fraction of sp³-hybridized carbons (Fsp3) is 0.0909. The number of nitrogens with zero attached hydrogens (tertiary/aromatic N) is 1. The quantitative estimate of drug-likeness (QED) is 0.449. The molecule has 4 aromatic rings. The molecule has 5 heteroatoms. The summed E-state index contributed by atoms with van der Waals surface area (Å²) in [4.78, 5) is 18.3. The molecule has 2 aromatic heterocycles. The van der Waals surface area contributed by atoms with Gasteiger partial charge in [-0.3, -0.25) is 9.78 Å². The van der Waals surface area contributed by atoms with Crippen molar-refractivity contribution in [2.45, 2.75) is 0 Å². The monoisotopic (exact) mass is 375 g/mol. The molecule has 27 heavy (non-hydrogen) atoms. The molecule has 4 rings (SSSR count). The van der Waals surface area contributed by atoms with Crippen LogP contribution in [0, 0.1) is 0 Å². The van der Waals surface area contributed by atoms with E-state index in [0.717, 1.165) is 32.0 Å². The van der Waals surface area contributed by atoms with Gasteiger partial charge >= 0.3 is 0 Å².